The maximum absolute atomic E-state index is 11.7. The highest BCUT2D eigenvalue weighted by atomic mass is 16.6. The number of methoxy groups -OCH3 is 2. The molecular formula is C15H16O8. The molecule has 0 aromatic heterocycles. The number of esters is 2. The molecule has 1 atom stereocenters. The van der Waals surface area contributed by atoms with Gasteiger partial charge in [-0.15, -0.1) is 0 Å². The Morgan fingerprint density at radius 2 is 1.96 bits per heavy atom. The highest BCUT2D eigenvalue weighted by Crippen LogP contribution is 2.26. The van der Waals surface area contributed by atoms with Crippen molar-refractivity contribution in [3.63, 3.8) is 0 Å². The third-order valence-electron chi connectivity index (χ3n) is 2.70. The smallest absolute Gasteiger partial charge is 0.347 e. The Morgan fingerprint density at radius 3 is 2.52 bits per heavy atom. The van der Waals surface area contributed by atoms with Gasteiger partial charge in [-0.05, 0) is 23.8 Å². The number of carboxylic acids is 1. The molecule has 0 aliphatic rings. The molecule has 0 saturated carbocycles. The molecule has 1 aromatic carbocycles. The zero-order chi connectivity index (χ0) is 17.4. The van der Waals surface area contributed by atoms with Crippen LogP contribution in [0.4, 0.5) is 0 Å². The minimum absolute atomic E-state index is 0.0561. The van der Waals surface area contributed by atoms with E-state index < -0.39 is 30.4 Å². The number of hydrogen-bond acceptors (Lipinski definition) is 7. The van der Waals surface area contributed by atoms with Gasteiger partial charge in [0, 0.05) is 6.08 Å². The van der Waals surface area contributed by atoms with Crippen LogP contribution in [-0.4, -0.2) is 48.4 Å². The van der Waals surface area contributed by atoms with Crippen molar-refractivity contribution >= 4 is 24.0 Å². The summed E-state index contributed by atoms with van der Waals surface area (Å²) in [7, 11) is 2.44. The van der Waals surface area contributed by atoms with E-state index in [1.54, 1.807) is 0 Å². The van der Waals surface area contributed by atoms with Crippen molar-refractivity contribution in [3.05, 3.63) is 29.8 Å². The lowest BCUT2D eigenvalue weighted by molar-refractivity contribution is -0.166. The van der Waals surface area contributed by atoms with Crippen LogP contribution in [0.3, 0.4) is 0 Å². The molecule has 8 heteroatoms. The molecule has 0 amide bonds. The Morgan fingerprint density at radius 1 is 1.26 bits per heavy atom. The number of carbonyl (C=O) groups is 3. The average Bonchev–Trinajstić information content (AvgIpc) is 2.52. The molecule has 1 rings (SSSR count). The van der Waals surface area contributed by atoms with E-state index in [0.717, 1.165) is 13.2 Å². The molecule has 0 fully saturated rings. The fourth-order valence-electron chi connectivity index (χ4n) is 1.60. The minimum Gasteiger partial charge on any atom is -0.504 e. The van der Waals surface area contributed by atoms with Gasteiger partial charge in [0.2, 0.25) is 6.10 Å². The maximum Gasteiger partial charge on any atom is 0.347 e. The number of carbonyl (C=O) groups excluding carboxylic acids is 2. The topological polar surface area (TPSA) is 119 Å². The van der Waals surface area contributed by atoms with Gasteiger partial charge in [-0.2, -0.15) is 0 Å². The van der Waals surface area contributed by atoms with Gasteiger partial charge in [-0.25, -0.2) is 9.59 Å². The van der Waals surface area contributed by atoms with E-state index in [2.05, 4.69) is 4.74 Å². The number of carboxylic acid groups (broad SMARTS) is 1. The first-order chi connectivity index (χ1) is 10.9. The van der Waals surface area contributed by atoms with Crippen LogP contribution in [0.15, 0.2) is 24.3 Å². The Bertz CT molecular complexity index is 620. The van der Waals surface area contributed by atoms with Crippen molar-refractivity contribution in [2.75, 3.05) is 14.2 Å². The van der Waals surface area contributed by atoms with Crippen molar-refractivity contribution in [2.45, 2.75) is 12.5 Å². The second kappa shape index (κ2) is 8.42. The molecule has 23 heavy (non-hydrogen) atoms. The number of hydrogen-bond donors (Lipinski definition) is 2. The number of phenols is 1. The SMILES string of the molecule is COC(=O)[C@H](CC(=O)O)OC(=O)/C=C/c1ccc(O)c(OC)c1. The maximum atomic E-state index is 11.7. The van der Waals surface area contributed by atoms with Crippen molar-refractivity contribution in [1.82, 2.24) is 0 Å². The molecule has 124 valence electrons. The van der Waals surface area contributed by atoms with E-state index in [9.17, 15) is 19.5 Å². The first-order valence-electron chi connectivity index (χ1n) is 6.42. The fraction of sp³-hybridized carbons (Fsp3) is 0.267. The van der Waals surface area contributed by atoms with Crippen LogP contribution in [0.25, 0.3) is 6.08 Å². The standard InChI is InChI=1S/C15H16O8/c1-21-11-7-9(3-5-10(11)16)4-6-14(19)23-12(8-13(17)18)15(20)22-2/h3-7,12,16H,8H2,1-2H3,(H,17,18)/b6-4+/t12-/m0/s1. The molecular weight excluding hydrogens is 308 g/mol. The van der Waals surface area contributed by atoms with Crippen LogP contribution in [0.5, 0.6) is 11.5 Å². The lowest BCUT2D eigenvalue weighted by Crippen LogP contribution is -2.30. The van der Waals surface area contributed by atoms with Crippen LogP contribution >= 0.6 is 0 Å². The third-order valence-corrected chi connectivity index (χ3v) is 2.70. The second-order valence-electron chi connectivity index (χ2n) is 4.31. The van der Waals surface area contributed by atoms with E-state index in [0.29, 0.717) is 5.56 Å². The Kier molecular flexibility index (Phi) is 6.60. The van der Waals surface area contributed by atoms with E-state index in [1.807, 2.05) is 0 Å². The van der Waals surface area contributed by atoms with Gasteiger partial charge in [0.15, 0.2) is 11.5 Å². The minimum atomic E-state index is -1.52. The largest absolute Gasteiger partial charge is 0.504 e. The summed E-state index contributed by atoms with van der Waals surface area (Å²) in [5.41, 5.74) is 0.532. The lowest BCUT2D eigenvalue weighted by Gasteiger charge is -2.12. The Labute approximate surface area is 131 Å². The highest BCUT2D eigenvalue weighted by molar-refractivity contribution is 5.90. The summed E-state index contributed by atoms with van der Waals surface area (Å²) in [5.74, 6) is -3.01. The number of ether oxygens (including phenoxy) is 3. The molecule has 0 heterocycles. The number of rotatable bonds is 7. The first kappa shape index (κ1) is 18.0. The molecule has 2 N–H and O–H groups in total. The van der Waals surface area contributed by atoms with Crippen LogP contribution < -0.4 is 4.74 Å². The number of aliphatic carboxylic acids is 1. The van der Waals surface area contributed by atoms with Crippen LogP contribution in [0, 0.1) is 0 Å². The van der Waals surface area contributed by atoms with Gasteiger partial charge in [-0.3, -0.25) is 4.79 Å². The number of phenolic OH excluding ortho intramolecular Hbond substituents is 1. The Hall–Kier alpha value is -3.03. The van der Waals surface area contributed by atoms with Crippen molar-refractivity contribution < 1.29 is 38.8 Å². The van der Waals surface area contributed by atoms with Gasteiger partial charge in [0.05, 0.1) is 20.6 Å². The molecule has 1 aromatic rings. The van der Waals surface area contributed by atoms with Gasteiger partial charge in [0.25, 0.3) is 0 Å². The van der Waals surface area contributed by atoms with E-state index in [-0.39, 0.29) is 11.5 Å². The second-order valence-corrected chi connectivity index (χ2v) is 4.31. The van der Waals surface area contributed by atoms with Crippen molar-refractivity contribution in [3.8, 4) is 11.5 Å². The predicted molar refractivity (Wildman–Crippen MR) is 77.8 cm³/mol. The number of aromatic hydroxyl groups is 1. The summed E-state index contributed by atoms with van der Waals surface area (Å²) in [5, 5.41) is 18.1. The molecule has 8 nitrogen and oxygen atoms in total. The third kappa shape index (κ3) is 5.70. The quantitative estimate of drug-likeness (QED) is 0.562. The van der Waals surface area contributed by atoms with E-state index >= 15 is 0 Å². The molecule has 0 aliphatic heterocycles. The monoisotopic (exact) mass is 324 g/mol. The molecule has 0 saturated heterocycles. The summed E-state index contributed by atoms with van der Waals surface area (Å²) in [6.45, 7) is 0. The predicted octanol–water partition coefficient (Wildman–Crippen LogP) is 0.973. The summed E-state index contributed by atoms with van der Waals surface area (Å²) in [4.78, 5) is 33.6. The number of benzene rings is 1. The molecule has 0 radical (unpaired) electrons. The zero-order valence-corrected chi connectivity index (χ0v) is 12.5. The molecule has 0 bridgehead atoms. The summed E-state index contributed by atoms with van der Waals surface area (Å²) in [6, 6.07) is 4.39. The van der Waals surface area contributed by atoms with Gasteiger partial charge < -0.3 is 24.4 Å². The zero-order valence-electron chi connectivity index (χ0n) is 12.5. The highest BCUT2D eigenvalue weighted by Gasteiger charge is 2.25. The molecule has 0 aliphatic carbocycles. The molecule has 0 spiro atoms. The molecule has 0 unspecified atom stereocenters. The van der Waals surface area contributed by atoms with Crippen molar-refractivity contribution in [2.24, 2.45) is 0 Å². The Balaban J connectivity index is 2.77. The van der Waals surface area contributed by atoms with Crippen LogP contribution in [0.1, 0.15) is 12.0 Å². The van der Waals surface area contributed by atoms with Gasteiger partial charge >= 0.3 is 17.9 Å². The summed E-state index contributed by atoms with van der Waals surface area (Å²) >= 11 is 0. The van der Waals surface area contributed by atoms with Crippen LogP contribution in [0.2, 0.25) is 0 Å². The summed E-state index contributed by atoms with van der Waals surface area (Å²) in [6.07, 6.45) is 0.159. The van der Waals surface area contributed by atoms with E-state index in [4.69, 9.17) is 14.6 Å². The van der Waals surface area contributed by atoms with Gasteiger partial charge in [-0.1, -0.05) is 6.07 Å². The van der Waals surface area contributed by atoms with E-state index in [1.165, 1.54) is 31.4 Å². The van der Waals surface area contributed by atoms with Gasteiger partial charge in [0.1, 0.15) is 0 Å². The van der Waals surface area contributed by atoms with Crippen molar-refractivity contribution in [1.29, 1.82) is 0 Å². The normalized spacial score (nSPS) is 11.7. The summed E-state index contributed by atoms with van der Waals surface area (Å²) < 4.78 is 14.0. The lowest BCUT2D eigenvalue weighted by atomic mass is 10.2. The fourth-order valence-corrected chi connectivity index (χ4v) is 1.60. The van der Waals surface area contributed by atoms with Crippen LogP contribution in [-0.2, 0) is 23.9 Å². The first-order valence-corrected chi connectivity index (χ1v) is 6.42. The average molecular weight is 324 g/mol.